The van der Waals surface area contributed by atoms with E-state index in [0.29, 0.717) is 0 Å². The summed E-state index contributed by atoms with van der Waals surface area (Å²) in [5.74, 6) is 14.0. The van der Waals surface area contributed by atoms with Gasteiger partial charge in [0.15, 0.2) is 0 Å². The smallest absolute Gasteiger partial charge is 0.0666 e. The van der Waals surface area contributed by atoms with E-state index in [0.717, 1.165) is 82.0 Å². The van der Waals surface area contributed by atoms with Crippen molar-refractivity contribution in [2.45, 2.75) is 259 Å². The fraction of sp³-hybridized carbons (Fsp3) is 0.690. The Bertz CT molecular complexity index is 1500. The average Bonchev–Trinajstić information content (AvgIpc) is 3.27. The van der Waals surface area contributed by atoms with E-state index < -0.39 is 0 Å². The summed E-state index contributed by atoms with van der Waals surface area (Å²) in [5, 5.41) is 0. The first-order valence-electron chi connectivity index (χ1n) is 26.0. The summed E-state index contributed by atoms with van der Waals surface area (Å²) in [6, 6.07) is 17.5. The molecule has 0 N–H and O–H groups in total. The maximum Gasteiger partial charge on any atom is 0.0666 e. The Morgan fingerprint density at radius 2 is 0.639 bits per heavy atom. The molecule has 0 aliphatic heterocycles. The minimum absolute atomic E-state index is 0. The molecule has 0 saturated heterocycles. The van der Waals surface area contributed by atoms with Crippen molar-refractivity contribution in [1.29, 1.82) is 0 Å². The monoisotopic (exact) mass is 875 g/mol. The second-order valence-electron chi connectivity index (χ2n) is 17.6. The molecule has 0 aromatic heterocycles. The number of rotatable bonds is 37. The number of aliphatic imine (C=N–C) groups is 2. The Labute approximate surface area is 389 Å². The number of nitrogens with zero attached hydrogens (tertiary/aromatic N) is 2. The second kappa shape index (κ2) is 42.7. The molecule has 0 bridgehead atoms. The second-order valence-corrected chi connectivity index (χ2v) is 17.6. The minimum atomic E-state index is 0. The molecule has 0 radical (unpaired) electrons. The quantitative estimate of drug-likeness (QED) is 0.0280. The molecule has 0 heterocycles. The summed E-state index contributed by atoms with van der Waals surface area (Å²) < 4.78 is 0. The van der Waals surface area contributed by atoms with Crippen molar-refractivity contribution in [3.05, 3.63) is 59.7 Å². The van der Waals surface area contributed by atoms with E-state index in [4.69, 9.17) is 9.98 Å². The van der Waals surface area contributed by atoms with Crippen LogP contribution in [0, 0.1) is 23.7 Å². The van der Waals surface area contributed by atoms with E-state index in [1.165, 1.54) is 183 Å². The molecule has 2 nitrogen and oxygen atoms in total. The van der Waals surface area contributed by atoms with Gasteiger partial charge < -0.3 is 0 Å². The van der Waals surface area contributed by atoms with Gasteiger partial charge in [-0.1, -0.05) is 218 Å². The van der Waals surface area contributed by atoms with E-state index in [9.17, 15) is 0 Å². The third-order valence-corrected chi connectivity index (χ3v) is 12.0. The number of para-hydroxylation sites is 2. The number of benzene rings is 2. The molecule has 2 aromatic rings. The largest absolute Gasteiger partial charge is 0.251 e. The molecule has 3 heteroatoms. The predicted octanol–water partition coefficient (Wildman–Crippen LogP) is 19.0. The van der Waals surface area contributed by atoms with Crippen molar-refractivity contribution in [3.63, 3.8) is 0 Å². The van der Waals surface area contributed by atoms with Crippen LogP contribution in [0.3, 0.4) is 0 Å². The van der Waals surface area contributed by atoms with Gasteiger partial charge in [-0.15, -0.1) is 23.7 Å². The third kappa shape index (κ3) is 31.0. The molecule has 0 aliphatic rings. The summed E-state index contributed by atoms with van der Waals surface area (Å²) in [6.07, 6.45) is 45.2. The van der Waals surface area contributed by atoms with Gasteiger partial charge in [-0.2, -0.15) is 0 Å². The van der Waals surface area contributed by atoms with E-state index in [1.54, 1.807) is 0 Å². The van der Waals surface area contributed by atoms with Crippen LogP contribution in [0.2, 0.25) is 0 Å². The van der Waals surface area contributed by atoms with Gasteiger partial charge in [0.25, 0.3) is 0 Å². The predicted molar refractivity (Wildman–Crippen MR) is 270 cm³/mol. The first kappa shape index (κ1) is 56.4. The number of hydrogen-bond donors (Lipinski definition) is 0. The summed E-state index contributed by atoms with van der Waals surface area (Å²) in [7, 11) is 0. The number of aryl methyl sites for hydroxylation is 2. The first-order valence-corrected chi connectivity index (χ1v) is 26.0. The first-order chi connectivity index (χ1) is 29.7. The molecule has 344 valence electrons. The molecule has 2 aromatic carbocycles. The van der Waals surface area contributed by atoms with Crippen molar-refractivity contribution in [1.82, 2.24) is 0 Å². The summed E-state index contributed by atoms with van der Waals surface area (Å²) in [6.45, 7) is 9.17. The summed E-state index contributed by atoms with van der Waals surface area (Å²) >= 11 is 0. The van der Waals surface area contributed by atoms with Crippen LogP contribution < -0.4 is 0 Å². The van der Waals surface area contributed by atoms with Crippen molar-refractivity contribution >= 4 is 22.8 Å². The molecule has 0 saturated carbocycles. The fourth-order valence-corrected chi connectivity index (χ4v) is 8.05. The van der Waals surface area contributed by atoms with Gasteiger partial charge in [0.1, 0.15) is 0 Å². The minimum Gasteiger partial charge on any atom is -0.251 e. The molecule has 0 aliphatic carbocycles. The molecule has 61 heavy (non-hydrogen) atoms. The molecule has 0 unspecified atom stereocenters. The van der Waals surface area contributed by atoms with Crippen molar-refractivity contribution in [2.24, 2.45) is 9.98 Å². The van der Waals surface area contributed by atoms with Gasteiger partial charge in [-0.05, 0) is 74.6 Å². The maximum atomic E-state index is 5.48. The number of unbranched alkanes of at least 4 members (excludes halogenated alkanes) is 26. The van der Waals surface area contributed by atoms with Crippen LogP contribution in [0.15, 0.2) is 58.5 Å². The van der Waals surface area contributed by atoms with Crippen molar-refractivity contribution in [2.75, 3.05) is 0 Å². The van der Waals surface area contributed by atoms with Crippen LogP contribution >= 0.6 is 0 Å². The van der Waals surface area contributed by atoms with E-state index in [1.807, 2.05) is 0 Å². The molecule has 0 amide bonds. The summed E-state index contributed by atoms with van der Waals surface area (Å²) in [4.78, 5) is 11.0. The molecule has 0 fully saturated rings. The Hall–Kier alpha value is -2.61. The van der Waals surface area contributed by atoms with Crippen LogP contribution in [-0.4, -0.2) is 11.4 Å². The van der Waals surface area contributed by atoms with Crippen molar-refractivity contribution in [3.8, 4) is 23.7 Å². The molecule has 0 atom stereocenters. The zero-order valence-electron chi connectivity index (χ0n) is 40.3. The SMILES string of the molecule is CCCCCCCCCCCCCC#CCCc1ccccc1/N=C(CCCC)\C(CCCCCC)=N\c1ccccc1CCC#CCCCCCCCCCCCCC.[Ni]. The van der Waals surface area contributed by atoms with E-state index >= 15 is 0 Å². The van der Waals surface area contributed by atoms with Crippen molar-refractivity contribution < 1.29 is 16.5 Å². The Morgan fingerprint density at radius 1 is 0.344 bits per heavy atom. The van der Waals surface area contributed by atoms with E-state index in [-0.39, 0.29) is 16.5 Å². The molecular weight excluding hydrogens is 783 g/mol. The average molecular weight is 876 g/mol. The van der Waals surface area contributed by atoms with Gasteiger partial charge in [-0.3, -0.25) is 9.98 Å². The van der Waals surface area contributed by atoms with Gasteiger partial charge in [0.05, 0.1) is 22.8 Å². The Kier molecular flexibility index (Phi) is 39.5. The maximum absolute atomic E-state index is 5.48. The van der Waals surface area contributed by atoms with E-state index in [2.05, 4.69) is 99.9 Å². The molecular formula is C58H92N2Ni. The Balaban J connectivity index is 0.0000186. The fourth-order valence-electron chi connectivity index (χ4n) is 8.05. The standard InChI is InChI=1S/C58H92N2.Ni/c1-5-9-13-16-18-20-22-24-26-28-30-32-34-36-38-45-53-47-41-43-50-55(53)59-57(49-12-8-4)58(52-40-15-11-7-3)60-56-51-44-42-48-54(56)46-39-37-35-33-31-29-27-25-23-21-19-17-14-10-6-2;/h41-44,47-48,50-51H,5-33,38-40,45-46,49,52H2,1-4H3;/b59-57-,60-58+;. The van der Waals surface area contributed by atoms with Crippen LogP contribution in [-0.2, 0) is 29.3 Å². The van der Waals surface area contributed by atoms with Gasteiger partial charge in [0, 0.05) is 42.2 Å². The van der Waals surface area contributed by atoms with Crippen LogP contribution in [0.4, 0.5) is 11.4 Å². The molecule has 0 spiro atoms. The Morgan fingerprint density at radius 3 is 1.02 bits per heavy atom. The van der Waals surface area contributed by atoms with Gasteiger partial charge >= 0.3 is 0 Å². The van der Waals surface area contributed by atoms with Crippen LogP contribution in [0.1, 0.15) is 257 Å². The topological polar surface area (TPSA) is 24.7 Å². The normalized spacial score (nSPS) is 11.5. The number of hydrogen-bond acceptors (Lipinski definition) is 2. The van der Waals surface area contributed by atoms with Crippen LogP contribution in [0.25, 0.3) is 0 Å². The van der Waals surface area contributed by atoms with Crippen LogP contribution in [0.5, 0.6) is 0 Å². The zero-order valence-corrected chi connectivity index (χ0v) is 41.3. The summed E-state index contributed by atoms with van der Waals surface area (Å²) in [5.41, 5.74) is 7.14. The molecule has 2 rings (SSSR count). The third-order valence-electron chi connectivity index (χ3n) is 12.0. The van der Waals surface area contributed by atoms with Gasteiger partial charge in [-0.25, -0.2) is 0 Å². The van der Waals surface area contributed by atoms with Gasteiger partial charge in [0.2, 0.25) is 0 Å². The zero-order chi connectivity index (χ0) is 42.8.